The Hall–Kier alpha value is -2.89. The molecule has 0 aromatic carbocycles. The fourth-order valence-electron chi connectivity index (χ4n) is 10.1. The number of allylic oxidation sites excluding steroid dienone is 9. The van der Waals surface area contributed by atoms with Gasteiger partial charge in [0.05, 0.1) is 6.42 Å². The van der Waals surface area contributed by atoms with Gasteiger partial charge >= 0.3 is 17.9 Å². The molecule has 77 heavy (non-hydrogen) atoms. The number of hydrogen-bond donors (Lipinski definition) is 0. The molecule has 0 bridgehead atoms. The third kappa shape index (κ3) is 63.8. The van der Waals surface area contributed by atoms with Crippen molar-refractivity contribution >= 4 is 17.9 Å². The molecule has 0 saturated carbocycles. The molecule has 0 aromatic rings. The van der Waals surface area contributed by atoms with Gasteiger partial charge in [0.1, 0.15) is 13.2 Å². The zero-order valence-electron chi connectivity index (χ0n) is 51.5. The average Bonchev–Trinajstić information content (AvgIpc) is 3.43. The van der Waals surface area contributed by atoms with E-state index in [0.717, 1.165) is 70.6 Å². The highest BCUT2D eigenvalue weighted by molar-refractivity contribution is 5.72. The summed E-state index contributed by atoms with van der Waals surface area (Å²) in [6.07, 6.45) is 84.2. The Morgan fingerprint density at radius 3 is 0.792 bits per heavy atom. The molecule has 448 valence electrons. The fraction of sp³-hybridized carbons (Fsp3) is 0.817. The van der Waals surface area contributed by atoms with E-state index in [0.29, 0.717) is 12.8 Å². The first-order chi connectivity index (χ1) is 38.0. The van der Waals surface area contributed by atoms with Crippen molar-refractivity contribution in [3.05, 3.63) is 60.8 Å². The maximum Gasteiger partial charge on any atom is 0.309 e. The standard InChI is InChI=1S/C71H128O6/c1-4-7-10-13-16-19-22-25-28-30-32-34-35-36-37-39-40-43-46-49-52-55-58-61-64-70(73)76-67-68(66-75-69(72)63-60-57-54-51-48-45-42-27-24-21-18-15-12-9-6-3)77-71(74)65-62-59-56-53-50-47-44-41-38-33-31-29-26-23-20-17-14-11-8-5-2/h9,12,18,21,27,42,48,51,57,60,68H,4-8,10-11,13-17,19-20,22-26,28-41,43-47,49-50,52-56,58-59,61-67H2,1-3H3/b12-9-,21-18-,42-27-,51-48-,60-57-. The van der Waals surface area contributed by atoms with E-state index >= 15 is 0 Å². The van der Waals surface area contributed by atoms with Crippen LogP contribution in [-0.4, -0.2) is 37.2 Å². The van der Waals surface area contributed by atoms with E-state index in [4.69, 9.17) is 14.2 Å². The second kappa shape index (κ2) is 65.6. The summed E-state index contributed by atoms with van der Waals surface area (Å²) in [6.45, 7) is 6.51. The molecule has 6 nitrogen and oxygen atoms in total. The van der Waals surface area contributed by atoms with Crippen molar-refractivity contribution < 1.29 is 28.6 Å². The molecule has 0 spiro atoms. The average molecular weight is 1080 g/mol. The molecule has 0 fully saturated rings. The number of carbonyl (C=O) groups excluding carboxylic acids is 3. The van der Waals surface area contributed by atoms with Crippen molar-refractivity contribution in [2.45, 2.75) is 361 Å². The highest BCUT2D eigenvalue weighted by atomic mass is 16.6. The van der Waals surface area contributed by atoms with E-state index in [-0.39, 0.29) is 31.6 Å². The van der Waals surface area contributed by atoms with Crippen LogP contribution in [0.5, 0.6) is 0 Å². The Morgan fingerprint density at radius 1 is 0.273 bits per heavy atom. The SMILES string of the molecule is CC/C=C\C/C=C\C/C=C\C/C=C\C/C=C\CC(=O)OCC(COC(=O)CCCCCCCCCCCCCCCCCCCCCCCCCC)OC(=O)CCCCCCCCCCCCCCCCCCCCCC. The molecule has 0 amide bonds. The van der Waals surface area contributed by atoms with Crippen molar-refractivity contribution in [2.75, 3.05) is 13.2 Å². The Kier molecular flexibility index (Phi) is 63.2. The van der Waals surface area contributed by atoms with E-state index in [1.807, 2.05) is 12.2 Å². The van der Waals surface area contributed by atoms with E-state index in [9.17, 15) is 14.4 Å². The largest absolute Gasteiger partial charge is 0.462 e. The molecule has 0 aliphatic carbocycles. The molecule has 0 N–H and O–H groups in total. The van der Waals surface area contributed by atoms with Gasteiger partial charge in [-0.3, -0.25) is 14.4 Å². The van der Waals surface area contributed by atoms with Crippen LogP contribution in [0.1, 0.15) is 355 Å². The number of carbonyl (C=O) groups is 3. The Balaban J connectivity index is 4.33. The van der Waals surface area contributed by atoms with E-state index in [2.05, 4.69) is 69.4 Å². The van der Waals surface area contributed by atoms with Crippen molar-refractivity contribution in [1.82, 2.24) is 0 Å². The van der Waals surface area contributed by atoms with Crippen molar-refractivity contribution in [3.8, 4) is 0 Å². The minimum Gasteiger partial charge on any atom is -0.462 e. The van der Waals surface area contributed by atoms with Crippen LogP contribution in [0.2, 0.25) is 0 Å². The zero-order chi connectivity index (χ0) is 55.7. The van der Waals surface area contributed by atoms with Crippen LogP contribution >= 0.6 is 0 Å². The Morgan fingerprint density at radius 2 is 0.506 bits per heavy atom. The summed E-state index contributed by atoms with van der Waals surface area (Å²) in [4.78, 5) is 38.3. The third-order valence-electron chi connectivity index (χ3n) is 15.1. The first-order valence-electron chi connectivity index (χ1n) is 33.8. The predicted molar refractivity (Wildman–Crippen MR) is 335 cm³/mol. The minimum absolute atomic E-state index is 0.0990. The zero-order valence-corrected chi connectivity index (χ0v) is 51.5. The predicted octanol–water partition coefficient (Wildman–Crippen LogP) is 23.1. The summed E-state index contributed by atoms with van der Waals surface area (Å²) < 4.78 is 16.9. The topological polar surface area (TPSA) is 78.9 Å². The summed E-state index contributed by atoms with van der Waals surface area (Å²) in [7, 11) is 0. The smallest absolute Gasteiger partial charge is 0.309 e. The number of hydrogen-bond acceptors (Lipinski definition) is 6. The number of ether oxygens (including phenoxy) is 3. The molecule has 0 aromatic heterocycles. The van der Waals surface area contributed by atoms with E-state index < -0.39 is 12.1 Å². The molecule has 1 atom stereocenters. The first-order valence-corrected chi connectivity index (χ1v) is 33.8. The number of rotatable bonds is 62. The van der Waals surface area contributed by atoms with Gasteiger partial charge in [-0.2, -0.15) is 0 Å². The van der Waals surface area contributed by atoms with Crippen LogP contribution < -0.4 is 0 Å². The van der Waals surface area contributed by atoms with Gasteiger partial charge in [0.15, 0.2) is 6.10 Å². The fourth-order valence-corrected chi connectivity index (χ4v) is 10.1. The Bertz CT molecular complexity index is 1380. The summed E-state index contributed by atoms with van der Waals surface area (Å²) in [5, 5.41) is 0. The third-order valence-corrected chi connectivity index (χ3v) is 15.1. The molecular weight excluding hydrogens is 949 g/mol. The van der Waals surface area contributed by atoms with Crippen LogP contribution in [0.15, 0.2) is 60.8 Å². The van der Waals surface area contributed by atoms with Gasteiger partial charge in [-0.25, -0.2) is 0 Å². The second-order valence-electron chi connectivity index (χ2n) is 22.7. The first kappa shape index (κ1) is 74.1. The maximum absolute atomic E-state index is 12.9. The molecule has 0 saturated heterocycles. The Labute approximate surface area is 479 Å². The molecule has 0 rings (SSSR count). The minimum atomic E-state index is -0.812. The van der Waals surface area contributed by atoms with Crippen molar-refractivity contribution in [3.63, 3.8) is 0 Å². The number of unbranched alkanes of at least 4 members (excludes halogenated alkanes) is 42. The van der Waals surface area contributed by atoms with Gasteiger partial charge in [-0.15, -0.1) is 0 Å². The van der Waals surface area contributed by atoms with Crippen molar-refractivity contribution in [1.29, 1.82) is 0 Å². The van der Waals surface area contributed by atoms with Gasteiger partial charge < -0.3 is 14.2 Å². The molecular formula is C71H128O6. The highest BCUT2D eigenvalue weighted by Crippen LogP contribution is 2.18. The summed E-state index contributed by atoms with van der Waals surface area (Å²) >= 11 is 0. The number of esters is 3. The van der Waals surface area contributed by atoms with Gasteiger partial charge in [0.25, 0.3) is 0 Å². The molecule has 0 radical (unpaired) electrons. The van der Waals surface area contributed by atoms with Crippen LogP contribution in [0.25, 0.3) is 0 Å². The van der Waals surface area contributed by atoms with Crippen LogP contribution in [0.4, 0.5) is 0 Å². The molecule has 6 heteroatoms. The lowest BCUT2D eigenvalue weighted by Crippen LogP contribution is -2.30. The monoisotopic (exact) mass is 1080 g/mol. The molecule has 1 unspecified atom stereocenters. The second-order valence-corrected chi connectivity index (χ2v) is 22.7. The lowest BCUT2D eigenvalue weighted by molar-refractivity contribution is -0.166. The molecule has 0 aliphatic heterocycles. The normalized spacial score (nSPS) is 12.4. The van der Waals surface area contributed by atoms with Crippen LogP contribution in [0, 0.1) is 0 Å². The van der Waals surface area contributed by atoms with Crippen LogP contribution in [0.3, 0.4) is 0 Å². The lowest BCUT2D eigenvalue weighted by Gasteiger charge is -2.18. The molecule has 0 aliphatic rings. The van der Waals surface area contributed by atoms with E-state index in [1.54, 1.807) is 0 Å². The van der Waals surface area contributed by atoms with E-state index in [1.165, 1.54) is 244 Å². The quantitative estimate of drug-likeness (QED) is 0.0261. The maximum atomic E-state index is 12.9. The van der Waals surface area contributed by atoms with Gasteiger partial charge in [-0.05, 0) is 44.9 Å². The van der Waals surface area contributed by atoms with Gasteiger partial charge in [0, 0.05) is 12.8 Å². The summed E-state index contributed by atoms with van der Waals surface area (Å²) in [5.74, 6) is -1.01. The molecule has 0 heterocycles. The van der Waals surface area contributed by atoms with Crippen molar-refractivity contribution in [2.24, 2.45) is 0 Å². The lowest BCUT2D eigenvalue weighted by atomic mass is 10.0. The summed E-state index contributed by atoms with van der Waals surface area (Å²) in [6, 6.07) is 0. The highest BCUT2D eigenvalue weighted by Gasteiger charge is 2.19. The van der Waals surface area contributed by atoms with Gasteiger partial charge in [0.2, 0.25) is 0 Å². The van der Waals surface area contributed by atoms with Crippen LogP contribution in [-0.2, 0) is 28.6 Å². The van der Waals surface area contributed by atoms with Gasteiger partial charge in [-0.1, -0.05) is 351 Å². The summed E-state index contributed by atoms with van der Waals surface area (Å²) in [5.41, 5.74) is 0.